The normalized spacial score (nSPS) is 17.7. The zero-order chi connectivity index (χ0) is 45.1. The van der Waals surface area contributed by atoms with E-state index in [4.69, 9.17) is 56.4 Å². The molecule has 0 atom stereocenters. The average molecular weight is 1010 g/mol. The lowest BCUT2D eigenvalue weighted by Crippen LogP contribution is -2.06. The molecule has 9 rings (SSSR count). The molecule has 0 spiro atoms. The fourth-order valence-electron chi connectivity index (χ4n) is 8.72. The van der Waals surface area contributed by atoms with Gasteiger partial charge in [-0.3, -0.25) is 9.97 Å². The minimum absolute atomic E-state index is 0.0439. The van der Waals surface area contributed by atoms with Gasteiger partial charge in [-0.2, -0.15) is 33.7 Å². The van der Waals surface area contributed by atoms with Crippen molar-refractivity contribution >= 4 is 151 Å². The fourth-order valence-corrected chi connectivity index (χ4v) is 11.4. The van der Waals surface area contributed by atoms with E-state index in [2.05, 4.69) is 9.97 Å². The predicted molar refractivity (Wildman–Crippen MR) is 258 cm³/mol. The van der Waals surface area contributed by atoms with Gasteiger partial charge in [0.15, 0.2) is 0 Å². The molecular formula is C44H30Cl4N4O8S4. The van der Waals surface area contributed by atoms with Crippen LogP contribution in [0.15, 0.2) is 93.0 Å². The molecule has 0 fully saturated rings. The molecule has 0 saturated heterocycles. The number of halogens is 4. The van der Waals surface area contributed by atoms with E-state index in [9.17, 15) is 33.7 Å². The van der Waals surface area contributed by atoms with E-state index < -0.39 is 41.2 Å². The van der Waals surface area contributed by atoms with E-state index in [0.717, 1.165) is 0 Å². The van der Waals surface area contributed by atoms with Crippen molar-refractivity contribution in [1.82, 2.24) is 19.9 Å². The molecule has 0 unspecified atom stereocenters. The summed E-state index contributed by atoms with van der Waals surface area (Å²) < 4.78 is 98.9. The van der Waals surface area contributed by atoms with Gasteiger partial charge >= 0.3 is 0 Å². The summed E-state index contributed by atoms with van der Waals surface area (Å²) in [6, 6.07) is 7.24. The van der Waals surface area contributed by atoms with Gasteiger partial charge in [-0.15, -0.1) is 0 Å². The van der Waals surface area contributed by atoms with Gasteiger partial charge in [0.05, 0.1) is 42.2 Å². The molecule has 5 heterocycles. The SMILES string of the molecule is O=S(=O)=C1C=CC(Cl)=C(c2c3nc(c(C4=C(Cl)C=CC(=S(=O)=O)C4)c4ccc([nH]4)c(C4=C(Cl)C=CC(=S(=O)=O)C4)c4nc(c(C5=C(Cl)C=CC(=S(=O)=O)C5)c5ccc2[nH]5)CC4)CC3)C1. The van der Waals surface area contributed by atoms with Gasteiger partial charge in [0, 0.05) is 90.1 Å². The smallest absolute Gasteiger partial charge is 0.217 e. The molecule has 326 valence electrons. The molecular weight excluding hydrogens is 983 g/mol. The molecule has 0 amide bonds. The van der Waals surface area contributed by atoms with Crippen molar-refractivity contribution in [2.75, 3.05) is 0 Å². The first-order valence-electron chi connectivity index (χ1n) is 19.5. The number of aromatic amines is 2. The first-order chi connectivity index (χ1) is 30.7. The highest BCUT2D eigenvalue weighted by atomic mass is 35.5. The molecule has 0 radical (unpaired) electrons. The third-order valence-corrected chi connectivity index (χ3v) is 15.9. The van der Waals surface area contributed by atoms with Crippen LogP contribution in [0.2, 0.25) is 0 Å². The summed E-state index contributed by atoms with van der Waals surface area (Å²) in [6.07, 6.45) is 13.1. The number of hydrogen-bond donors (Lipinski definition) is 2. The first-order valence-corrected chi connectivity index (χ1v) is 25.3. The molecule has 20 heteroatoms. The van der Waals surface area contributed by atoms with Gasteiger partial charge in [0.25, 0.3) is 0 Å². The molecule has 4 aliphatic carbocycles. The number of rotatable bonds is 4. The summed E-state index contributed by atoms with van der Waals surface area (Å²) in [5.41, 5.74) is 8.40. The van der Waals surface area contributed by atoms with E-state index in [1.54, 1.807) is 0 Å². The zero-order valence-electron chi connectivity index (χ0n) is 32.9. The number of H-pyrrole nitrogens is 2. The maximum Gasteiger partial charge on any atom is 0.217 e. The maximum atomic E-state index is 12.4. The van der Waals surface area contributed by atoms with Crippen LogP contribution in [0.5, 0.6) is 0 Å². The lowest BCUT2D eigenvalue weighted by molar-refractivity contribution is 0.625. The Morgan fingerprint density at radius 3 is 0.781 bits per heavy atom. The molecule has 0 saturated carbocycles. The van der Waals surface area contributed by atoms with E-state index in [0.29, 0.717) is 135 Å². The summed E-state index contributed by atoms with van der Waals surface area (Å²) in [5, 5.41) is 1.18. The van der Waals surface area contributed by atoms with Gasteiger partial charge in [0.1, 0.15) is 0 Å². The molecule has 12 nitrogen and oxygen atoms in total. The second-order valence-corrected chi connectivity index (χ2v) is 20.8. The molecule has 6 aliphatic rings. The summed E-state index contributed by atoms with van der Waals surface area (Å²) in [4.78, 5) is 18.0. The molecule has 3 aromatic rings. The Morgan fingerprint density at radius 1 is 0.359 bits per heavy atom. The molecule has 2 aliphatic heterocycles. The summed E-state index contributed by atoms with van der Waals surface area (Å²) in [6.45, 7) is 0. The van der Waals surface area contributed by atoms with Crippen LogP contribution in [0.4, 0.5) is 0 Å². The van der Waals surface area contributed by atoms with Gasteiger partial charge < -0.3 is 9.97 Å². The second-order valence-electron chi connectivity index (χ2n) is 15.2. The first kappa shape index (κ1) is 44.2. The Kier molecular flexibility index (Phi) is 12.2. The van der Waals surface area contributed by atoms with Crippen molar-refractivity contribution < 1.29 is 33.7 Å². The number of allylic oxidation sites excluding steroid dienone is 16. The largest absolute Gasteiger partial charge is 0.354 e. The topological polar surface area (TPSA) is 194 Å². The number of nitrogens with one attached hydrogen (secondary N) is 2. The van der Waals surface area contributed by atoms with Crippen LogP contribution in [-0.4, -0.2) is 73.1 Å². The van der Waals surface area contributed by atoms with E-state index in [1.807, 2.05) is 24.3 Å². The minimum atomic E-state index is -2.56. The third kappa shape index (κ3) is 8.26. The Bertz CT molecular complexity index is 3270. The quantitative estimate of drug-likeness (QED) is 0.244. The lowest BCUT2D eigenvalue weighted by atomic mass is 9.93. The number of nitrogens with zero attached hydrogens (tertiary/aromatic N) is 2. The van der Waals surface area contributed by atoms with Crippen molar-refractivity contribution in [2.24, 2.45) is 0 Å². The Labute approximate surface area is 391 Å². The molecule has 2 N–H and O–H groups in total. The standard InChI is InChI=1S/C44H30Cl4N4O8S4/c45-29-5-1-21(61(53)54)17-25(29)41-33-9-11-35(49-33)42(26-18-22(62(55)56)2-6-30(26)46)37-13-15-39(51-37)44(28-20-24(64(59)60)4-8-32(28)48)40-16-14-38(52-40)43(36-12-10-34(41)50-36)27-19-23(63(57)58)3-7-31(27)47/h1-9,11,14,16,49,52H,10,12-13,15,17-20H2. The maximum absolute atomic E-state index is 12.4. The monoisotopic (exact) mass is 1010 g/mol. The predicted octanol–water partition coefficient (Wildman–Crippen LogP) is 7.73. The summed E-state index contributed by atoms with van der Waals surface area (Å²) in [5.74, 6) is 0. The van der Waals surface area contributed by atoms with Crippen molar-refractivity contribution in [1.29, 1.82) is 0 Å². The number of aromatic nitrogens is 4. The molecule has 8 bridgehead atoms. The second kappa shape index (κ2) is 17.7. The van der Waals surface area contributed by atoms with Gasteiger partial charge in [-0.05, 0) is 121 Å². The van der Waals surface area contributed by atoms with Crippen LogP contribution in [-0.2, 0) is 66.9 Å². The molecule has 0 aromatic carbocycles. The lowest BCUT2D eigenvalue weighted by Gasteiger charge is -2.16. The van der Waals surface area contributed by atoms with Crippen molar-refractivity contribution in [3.05, 3.63) is 138 Å². The van der Waals surface area contributed by atoms with Crippen molar-refractivity contribution in [2.45, 2.75) is 51.4 Å². The van der Waals surface area contributed by atoms with Crippen LogP contribution in [0, 0.1) is 0 Å². The number of aryl methyl sites for hydroxylation is 4. The van der Waals surface area contributed by atoms with Crippen LogP contribution in [0.25, 0.3) is 44.4 Å². The van der Waals surface area contributed by atoms with Crippen LogP contribution < -0.4 is 0 Å². The Balaban J connectivity index is 1.49. The van der Waals surface area contributed by atoms with Gasteiger partial charge in [-0.25, -0.2) is 0 Å². The number of hydrogen-bond acceptors (Lipinski definition) is 10. The Morgan fingerprint density at radius 2 is 0.578 bits per heavy atom. The van der Waals surface area contributed by atoms with Gasteiger partial charge in [-0.1, -0.05) is 46.4 Å². The van der Waals surface area contributed by atoms with Crippen molar-refractivity contribution in [3.63, 3.8) is 0 Å². The average Bonchev–Trinajstić information content (AvgIpc) is 4.11. The highest BCUT2D eigenvalue weighted by Gasteiger charge is 2.29. The van der Waals surface area contributed by atoms with Crippen LogP contribution in [0.1, 0.15) is 70.7 Å². The van der Waals surface area contributed by atoms with Crippen LogP contribution in [0.3, 0.4) is 0 Å². The fraction of sp³-hybridized carbons (Fsp3) is 0.182. The highest BCUT2D eigenvalue weighted by Crippen LogP contribution is 2.42. The summed E-state index contributed by atoms with van der Waals surface area (Å²) >= 11 is 27.8. The van der Waals surface area contributed by atoms with Gasteiger partial charge in [0.2, 0.25) is 41.2 Å². The van der Waals surface area contributed by atoms with E-state index in [-0.39, 0.29) is 45.1 Å². The molecule has 3 aromatic heterocycles. The zero-order valence-corrected chi connectivity index (χ0v) is 39.2. The number of fused-ring (bicyclic) bond motifs is 8. The molecule has 64 heavy (non-hydrogen) atoms. The summed E-state index contributed by atoms with van der Waals surface area (Å²) in [7, 11) is -10.2. The van der Waals surface area contributed by atoms with E-state index in [1.165, 1.54) is 48.6 Å². The minimum Gasteiger partial charge on any atom is -0.354 e. The van der Waals surface area contributed by atoms with Crippen molar-refractivity contribution in [3.8, 4) is 0 Å². The highest BCUT2D eigenvalue weighted by molar-refractivity contribution is 7.74. The van der Waals surface area contributed by atoms with Crippen LogP contribution >= 0.6 is 46.4 Å². The third-order valence-electron chi connectivity index (χ3n) is 11.6. The Hall–Kier alpha value is -5.04. The van der Waals surface area contributed by atoms with E-state index >= 15 is 0 Å².